The van der Waals surface area contributed by atoms with Crippen molar-refractivity contribution >= 4 is 17.5 Å². The Morgan fingerprint density at radius 3 is 2.32 bits per heavy atom. The van der Waals surface area contributed by atoms with E-state index in [1.165, 1.54) is 0 Å². The molecule has 2 aliphatic rings. The third kappa shape index (κ3) is 3.79. The van der Waals surface area contributed by atoms with E-state index in [1.807, 2.05) is 42.2 Å². The quantitative estimate of drug-likeness (QED) is 0.888. The van der Waals surface area contributed by atoms with Gasteiger partial charge in [0.1, 0.15) is 0 Å². The zero-order valence-electron chi connectivity index (χ0n) is 15.9. The first-order chi connectivity index (χ1) is 13.6. The van der Waals surface area contributed by atoms with Crippen LogP contribution in [0.2, 0.25) is 0 Å². The largest absolute Gasteiger partial charge is 0.347 e. The molecular formula is C22H24N2O4. The van der Waals surface area contributed by atoms with Crippen molar-refractivity contribution in [2.75, 3.05) is 31.6 Å². The monoisotopic (exact) mass is 380 g/mol. The van der Waals surface area contributed by atoms with Gasteiger partial charge in [0.2, 0.25) is 0 Å². The topological polar surface area (TPSA) is 67.9 Å². The number of likely N-dealkylation sites (tertiary alicyclic amines) is 1. The average Bonchev–Trinajstić information content (AvgIpc) is 3.18. The first kappa shape index (κ1) is 18.7. The summed E-state index contributed by atoms with van der Waals surface area (Å²) in [5, 5.41) is 2.91. The fourth-order valence-corrected chi connectivity index (χ4v) is 3.69. The molecule has 2 heterocycles. The molecule has 1 N–H and O–H groups in total. The zero-order valence-corrected chi connectivity index (χ0v) is 15.9. The fraction of sp³-hybridized carbons (Fsp3) is 0.364. The Bertz CT molecular complexity index is 865. The van der Waals surface area contributed by atoms with E-state index < -0.39 is 5.79 Å². The van der Waals surface area contributed by atoms with Gasteiger partial charge in [-0.25, -0.2) is 0 Å². The number of hydrogen-bond donors (Lipinski definition) is 1. The number of rotatable bonds is 3. The lowest BCUT2D eigenvalue weighted by molar-refractivity contribution is -0.181. The van der Waals surface area contributed by atoms with Crippen LogP contribution >= 0.6 is 0 Å². The molecular weight excluding hydrogens is 356 g/mol. The standard InChI is InChI=1S/C22H24N2O4/c1-16-7-8-18(15-19(16)23-20(25)17-5-3-2-4-6-17)21(26)24-11-9-22(10-12-24)27-13-14-28-22/h2-8,15H,9-14H2,1H3,(H,23,25). The van der Waals surface area contributed by atoms with Crippen molar-refractivity contribution in [2.24, 2.45) is 0 Å². The lowest BCUT2D eigenvalue weighted by Gasteiger charge is -2.37. The highest BCUT2D eigenvalue weighted by molar-refractivity contribution is 6.05. The van der Waals surface area contributed by atoms with E-state index in [4.69, 9.17) is 9.47 Å². The predicted octanol–water partition coefficient (Wildman–Crippen LogP) is 3.23. The van der Waals surface area contributed by atoms with Gasteiger partial charge in [-0.05, 0) is 36.8 Å². The first-order valence-electron chi connectivity index (χ1n) is 9.61. The van der Waals surface area contributed by atoms with Gasteiger partial charge in [0.05, 0.1) is 13.2 Å². The van der Waals surface area contributed by atoms with Gasteiger partial charge in [0.15, 0.2) is 5.79 Å². The number of carbonyl (C=O) groups excluding carboxylic acids is 2. The second kappa shape index (κ2) is 7.73. The van der Waals surface area contributed by atoms with Crippen LogP contribution in [0.4, 0.5) is 5.69 Å². The van der Waals surface area contributed by atoms with Crippen LogP contribution in [0.3, 0.4) is 0 Å². The second-order valence-electron chi connectivity index (χ2n) is 7.25. The van der Waals surface area contributed by atoms with E-state index in [2.05, 4.69) is 5.32 Å². The van der Waals surface area contributed by atoms with Gasteiger partial charge in [-0.15, -0.1) is 0 Å². The molecule has 6 heteroatoms. The van der Waals surface area contributed by atoms with Gasteiger partial charge in [-0.1, -0.05) is 24.3 Å². The molecule has 0 radical (unpaired) electrons. The molecule has 2 aromatic carbocycles. The summed E-state index contributed by atoms with van der Waals surface area (Å²) in [5.74, 6) is -0.731. The van der Waals surface area contributed by atoms with Crippen molar-refractivity contribution in [3.05, 3.63) is 65.2 Å². The van der Waals surface area contributed by atoms with E-state index >= 15 is 0 Å². The molecule has 2 aromatic rings. The highest BCUT2D eigenvalue weighted by Crippen LogP contribution is 2.32. The lowest BCUT2D eigenvalue weighted by Crippen LogP contribution is -2.47. The Balaban J connectivity index is 1.46. The summed E-state index contributed by atoms with van der Waals surface area (Å²) in [6.45, 7) is 4.35. The highest BCUT2D eigenvalue weighted by atomic mass is 16.7. The van der Waals surface area contributed by atoms with Crippen LogP contribution < -0.4 is 5.32 Å². The number of piperidine rings is 1. The SMILES string of the molecule is Cc1ccc(C(=O)N2CCC3(CC2)OCCO3)cc1NC(=O)c1ccccc1. The summed E-state index contributed by atoms with van der Waals surface area (Å²) in [6, 6.07) is 14.5. The molecule has 6 nitrogen and oxygen atoms in total. The summed E-state index contributed by atoms with van der Waals surface area (Å²) in [4.78, 5) is 27.2. The Morgan fingerprint density at radius 2 is 1.64 bits per heavy atom. The van der Waals surface area contributed by atoms with E-state index in [-0.39, 0.29) is 11.8 Å². The minimum atomic E-state index is -0.501. The van der Waals surface area contributed by atoms with Crippen molar-refractivity contribution < 1.29 is 19.1 Å². The van der Waals surface area contributed by atoms with Gasteiger partial charge in [0.25, 0.3) is 11.8 Å². The molecule has 0 unspecified atom stereocenters. The van der Waals surface area contributed by atoms with Gasteiger partial charge >= 0.3 is 0 Å². The van der Waals surface area contributed by atoms with Gasteiger partial charge in [0, 0.05) is 42.7 Å². The fourth-order valence-electron chi connectivity index (χ4n) is 3.69. The van der Waals surface area contributed by atoms with Crippen molar-refractivity contribution in [1.29, 1.82) is 0 Å². The van der Waals surface area contributed by atoms with Crippen molar-refractivity contribution in [2.45, 2.75) is 25.6 Å². The molecule has 2 aliphatic heterocycles. The van der Waals surface area contributed by atoms with Crippen LogP contribution in [0.5, 0.6) is 0 Å². The Morgan fingerprint density at radius 1 is 0.964 bits per heavy atom. The van der Waals surface area contributed by atoms with E-state index in [9.17, 15) is 9.59 Å². The Labute approximate surface area is 164 Å². The van der Waals surface area contributed by atoms with E-state index in [0.29, 0.717) is 56.0 Å². The third-order valence-corrected chi connectivity index (χ3v) is 5.39. The molecule has 2 fully saturated rings. The molecule has 4 rings (SSSR count). The third-order valence-electron chi connectivity index (χ3n) is 5.39. The number of aryl methyl sites for hydroxylation is 1. The minimum absolute atomic E-state index is 0.0388. The number of anilines is 1. The number of ether oxygens (including phenoxy) is 2. The number of nitrogens with zero attached hydrogens (tertiary/aromatic N) is 1. The number of benzene rings is 2. The molecule has 146 valence electrons. The Kier molecular flexibility index (Phi) is 5.15. The predicted molar refractivity (Wildman–Crippen MR) is 105 cm³/mol. The smallest absolute Gasteiger partial charge is 0.255 e. The maximum atomic E-state index is 13.0. The molecule has 0 bridgehead atoms. The maximum Gasteiger partial charge on any atom is 0.255 e. The lowest BCUT2D eigenvalue weighted by atomic mass is 10.0. The highest BCUT2D eigenvalue weighted by Gasteiger charge is 2.40. The van der Waals surface area contributed by atoms with Gasteiger partial charge < -0.3 is 19.7 Å². The molecule has 0 aliphatic carbocycles. The summed E-state index contributed by atoms with van der Waals surface area (Å²) >= 11 is 0. The summed E-state index contributed by atoms with van der Waals surface area (Å²) < 4.78 is 11.5. The number of nitrogens with one attached hydrogen (secondary N) is 1. The van der Waals surface area contributed by atoms with Gasteiger partial charge in [-0.2, -0.15) is 0 Å². The number of carbonyl (C=O) groups is 2. The van der Waals surface area contributed by atoms with Crippen molar-refractivity contribution in [3.8, 4) is 0 Å². The summed E-state index contributed by atoms with van der Waals surface area (Å²) in [7, 11) is 0. The molecule has 1 spiro atoms. The van der Waals surface area contributed by atoms with Crippen LogP contribution in [-0.2, 0) is 9.47 Å². The second-order valence-corrected chi connectivity index (χ2v) is 7.25. The van der Waals surface area contributed by atoms with Crippen LogP contribution in [0.15, 0.2) is 48.5 Å². The van der Waals surface area contributed by atoms with Crippen LogP contribution in [-0.4, -0.2) is 48.8 Å². The summed E-state index contributed by atoms with van der Waals surface area (Å²) in [5.41, 5.74) is 2.71. The van der Waals surface area contributed by atoms with E-state index in [0.717, 1.165) is 5.56 Å². The zero-order chi connectivity index (χ0) is 19.6. The van der Waals surface area contributed by atoms with Crippen LogP contribution in [0, 0.1) is 6.92 Å². The molecule has 28 heavy (non-hydrogen) atoms. The normalized spacial score (nSPS) is 18.2. The first-order valence-corrected chi connectivity index (χ1v) is 9.61. The van der Waals surface area contributed by atoms with Crippen molar-refractivity contribution in [1.82, 2.24) is 4.90 Å². The number of amides is 2. The molecule has 0 atom stereocenters. The maximum absolute atomic E-state index is 13.0. The Hall–Kier alpha value is -2.70. The van der Waals surface area contributed by atoms with Crippen LogP contribution in [0.1, 0.15) is 39.1 Å². The van der Waals surface area contributed by atoms with Crippen LogP contribution in [0.25, 0.3) is 0 Å². The van der Waals surface area contributed by atoms with Crippen molar-refractivity contribution in [3.63, 3.8) is 0 Å². The van der Waals surface area contributed by atoms with Gasteiger partial charge in [-0.3, -0.25) is 9.59 Å². The minimum Gasteiger partial charge on any atom is -0.347 e. The summed E-state index contributed by atoms with van der Waals surface area (Å²) in [6.07, 6.45) is 1.37. The molecule has 0 aromatic heterocycles. The van der Waals surface area contributed by atoms with E-state index in [1.54, 1.807) is 18.2 Å². The number of hydrogen-bond acceptors (Lipinski definition) is 4. The molecule has 2 amide bonds. The molecule has 2 saturated heterocycles. The molecule has 0 saturated carbocycles. The average molecular weight is 380 g/mol.